The Labute approximate surface area is 172 Å². The van der Waals surface area contributed by atoms with Gasteiger partial charge in [-0.2, -0.15) is 5.26 Å². The molecule has 2 N–H and O–H groups in total. The van der Waals surface area contributed by atoms with Crippen LogP contribution in [0.5, 0.6) is 0 Å². The van der Waals surface area contributed by atoms with Crippen molar-refractivity contribution in [2.24, 2.45) is 0 Å². The van der Waals surface area contributed by atoms with Crippen LogP contribution in [0, 0.1) is 11.3 Å². The summed E-state index contributed by atoms with van der Waals surface area (Å²) in [5, 5.41) is 15.8. The largest absolute Gasteiger partial charge is 0.465 e. The van der Waals surface area contributed by atoms with E-state index in [0.29, 0.717) is 35.6 Å². The number of carbonyl (C=O) groups is 2. The number of fused-ring (bicyclic) bond motifs is 1. The van der Waals surface area contributed by atoms with Crippen LogP contribution in [0.2, 0.25) is 0 Å². The Hall–Kier alpha value is -3.05. The molecule has 2 aromatic heterocycles. The number of thiophene rings is 1. The summed E-state index contributed by atoms with van der Waals surface area (Å²) in [7, 11) is 0. The molecule has 150 valence electrons. The standard InChI is InChI=1S/C21H21N3O4S/c22-12-17-16-8-6-15(28-21(26)23-13-3-1-4-13)11-18(16)29-20(17)24-19(25)9-7-14-5-2-10-27-14/h2,5,7,9-10,13,15H,1,3-4,6,8,11H2,(H,23,26)(H,24,25). The minimum Gasteiger partial charge on any atom is -0.465 e. The van der Waals surface area contributed by atoms with Gasteiger partial charge in [-0.25, -0.2) is 4.79 Å². The maximum atomic E-state index is 12.2. The molecule has 8 heteroatoms. The smallest absolute Gasteiger partial charge is 0.407 e. The molecule has 0 bridgehead atoms. The third-order valence-electron chi connectivity index (χ3n) is 5.21. The fraction of sp³-hybridized carbons (Fsp3) is 0.381. The van der Waals surface area contributed by atoms with Crippen molar-refractivity contribution in [3.05, 3.63) is 46.2 Å². The molecule has 0 radical (unpaired) electrons. The SMILES string of the molecule is N#Cc1c(NC(=O)C=Cc2ccco2)sc2c1CCC(OC(=O)NC1CCC1)C2. The van der Waals surface area contributed by atoms with E-state index in [2.05, 4.69) is 16.7 Å². The molecule has 0 saturated heterocycles. The summed E-state index contributed by atoms with van der Waals surface area (Å²) in [6.07, 6.45) is 8.94. The van der Waals surface area contributed by atoms with E-state index in [1.54, 1.807) is 18.2 Å². The van der Waals surface area contributed by atoms with Gasteiger partial charge >= 0.3 is 6.09 Å². The molecule has 2 aliphatic carbocycles. The van der Waals surface area contributed by atoms with Crippen LogP contribution in [0.15, 0.2) is 28.9 Å². The van der Waals surface area contributed by atoms with Gasteiger partial charge in [-0.05, 0) is 55.9 Å². The van der Waals surface area contributed by atoms with Gasteiger partial charge in [-0.1, -0.05) is 0 Å². The minimum atomic E-state index is -0.364. The second-order valence-corrected chi connectivity index (χ2v) is 8.31. The molecule has 7 nitrogen and oxygen atoms in total. The van der Waals surface area contributed by atoms with Gasteiger partial charge in [-0.3, -0.25) is 4.79 Å². The van der Waals surface area contributed by atoms with E-state index in [4.69, 9.17) is 9.15 Å². The molecule has 1 saturated carbocycles. The molecule has 2 aliphatic rings. The zero-order valence-electron chi connectivity index (χ0n) is 15.8. The van der Waals surface area contributed by atoms with Crippen molar-refractivity contribution in [3.63, 3.8) is 0 Å². The molecule has 0 spiro atoms. The van der Waals surface area contributed by atoms with Crippen molar-refractivity contribution in [1.82, 2.24) is 5.32 Å². The third-order valence-corrected chi connectivity index (χ3v) is 6.38. The highest BCUT2D eigenvalue weighted by Gasteiger charge is 2.29. The Morgan fingerprint density at radius 3 is 2.90 bits per heavy atom. The molecule has 1 atom stereocenters. The summed E-state index contributed by atoms with van der Waals surface area (Å²) in [5.41, 5.74) is 1.45. The van der Waals surface area contributed by atoms with Gasteiger partial charge in [0, 0.05) is 23.4 Å². The number of anilines is 1. The van der Waals surface area contributed by atoms with E-state index < -0.39 is 0 Å². The lowest BCUT2D eigenvalue weighted by Gasteiger charge is -2.28. The van der Waals surface area contributed by atoms with Crippen LogP contribution in [0.3, 0.4) is 0 Å². The zero-order chi connectivity index (χ0) is 20.2. The lowest BCUT2D eigenvalue weighted by molar-refractivity contribution is -0.111. The van der Waals surface area contributed by atoms with Gasteiger partial charge in [0.15, 0.2) is 0 Å². The summed E-state index contributed by atoms with van der Waals surface area (Å²) in [4.78, 5) is 25.2. The van der Waals surface area contributed by atoms with Crippen molar-refractivity contribution < 1.29 is 18.7 Å². The number of nitrogens with zero attached hydrogens (tertiary/aromatic N) is 1. The summed E-state index contributed by atoms with van der Waals surface area (Å²) in [6.45, 7) is 0. The monoisotopic (exact) mass is 411 g/mol. The van der Waals surface area contributed by atoms with E-state index in [9.17, 15) is 14.9 Å². The van der Waals surface area contributed by atoms with Crippen molar-refractivity contribution in [1.29, 1.82) is 5.26 Å². The predicted molar refractivity (Wildman–Crippen MR) is 108 cm³/mol. The Morgan fingerprint density at radius 2 is 2.21 bits per heavy atom. The van der Waals surface area contributed by atoms with Crippen LogP contribution in [-0.2, 0) is 22.4 Å². The first-order valence-electron chi connectivity index (χ1n) is 9.66. The Kier molecular flexibility index (Phi) is 5.67. The highest BCUT2D eigenvalue weighted by Crippen LogP contribution is 2.38. The number of nitriles is 1. The second-order valence-electron chi connectivity index (χ2n) is 7.20. The number of ether oxygens (including phenoxy) is 1. The Morgan fingerprint density at radius 1 is 1.34 bits per heavy atom. The van der Waals surface area contributed by atoms with Gasteiger partial charge in [0.2, 0.25) is 5.91 Å². The van der Waals surface area contributed by atoms with E-state index in [-0.39, 0.29) is 24.1 Å². The lowest BCUT2D eigenvalue weighted by Crippen LogP contribution is -2.41. The molecule has 0 aromatic carbocycles. The van der Waals surface area contributed by atoms with E-state index >= 15 is 0 Å². The van der Waals surface area contributed by atoms with Crippen LogP contribution in [0.4, 0.5) is 9.80 Å². The fourth-order valence-corrected chi connectivity index (χ4v) is 4.73. The van der Waals surface area contributed by atoms with E-state index in [1.165, 1.54) is 23.7 Å². The molecule has 2 heterocycles. The summed E-state index contributed by atoms with van der Waals surface area (Å²) in [5.74, 6) is 0.246. The number of hydrogen-bond donors (Lipinski definition) is 2. The zero-order valence-corrected chi connectivity index (χ0v) is 16.6. The number of nitrogens with one attached hydrogen (secondary N) is 2. The maximum Gasteiger partial charge on any atom is 0.407 e. The van der Waals surface area contributed by atoms with Gasteiger partial charge < -0.3 is 19.8 Å². The topological polar surface area (TPSA) is 104 Å². The second kappa shape index (κ2) is 8.53. The third kappa shape index (κ3) is 4.51. The summed E-state index contributed by atoms with van der Waals surface area (Å²) in [6, 6.07) is 5.93. The number of carbonyl (C=O) groups excluding carboxylic acids is 2. The number of hydrogen-bond acceptors (Lipinski definition) is 6. The van der Waals surface area contributed by atoms with Crippen molar-refractivity contribution in [2.45, 2.75) is 50.7 Å². The number of furan rings is 1. The normalized spacial score (nSPS) is 18.5. The molecule has 2 amide bonds. The quantitative estimate of drug-likeness (QED) is 0.724. The highest BCUT2D eigenvalue weighted by molar-refractivity contribution is 7.16. The van der Waals surface area contributed by atoms with E-state index in [1.807, 2.05) is 0 Å². The molecule has 1 unspecified atom stereocenters. The number of alkyl carbamates (subject to hydrolysis) is 1. The average Bonchev–Trinajstić information content (AvgIpc) is 3.30. The fourth-order valence-electron chi connectivity index (χ4n) is 3.46. The highest BCUT2D eigenvalue weighted by atomic mass is 32.1. The predicted octanol–water partition coefficient (Wildman–Crippen LogP) is 4.00. The molecular weight excluding hydrogens is 390 g/mol. The van der Waals surface area contributed by atoms with Gasteiger partial charge in [0.05, 0.1) is 11.8 Å². The molecular formula is C21H21N3O4S. The molecule has 29 heavy (non-hydrogen) atoms. The lowest BCUT2D eigenvalue weighted by atomic mass is 9.93. The van der Waals surface area contributed by atoms with Crippen LogP contribution in [-0.4, -0.2) is 24.1 Å². The Bertz CT molecular complexity index is 967. The summed E-state index contributed by atoms with van der Waals surface area (Å²) >= 11 is 1.38. The van der Waals surface area contributed by atoms with Crippen LogP contribution < -0.4 is 10.6 Å². The van der Waals surface area contributed by atoms with Crippen molar-refractivity contribution in [3.8, 4) is 6.07 Å². The molecule has 0 aliphatic heterocycles. The first-order valence-corrected chi connectivity index (χ1v) is 10.5. The van der Waals surface area contributed by atoms with Crippen LogP contribution >= 0.6 is 11.3 Å². The average molecular weight is 411 g/mol. The van der Waals surface area contributed by atoms with Crippen molar-refractivity contribution >= 4 is 34.4 Å². The Balaban J connectivity index is 1.39. The molecule has 4 rings (SSSR count). The van der Waals surface area contributed by atoms with Gasteiger partial charge in [-0.15, -0.1) is 11.3 Å². The van der Waals surface area contributed by atoms with E-state index in [0.717, 1.165) is 29.7 Å². The number of amides is 2. The molecule has 1 fully saturated rings. The first kappa shape index (κ1) is 19.3. The van der Waals surface area contributed by atoms with Crippen LogP contribution in [0.25, 0.3) is 6.08 Å². The first-order chi connectivity index (χ1) is 14.1. The number of rotatable bonds is 5. The van der Waals surface area contributed by atoms with Gasteiger partial charge in [0.25, 0.3) is 0 Å². The summed E-state index contributed by atoms with van der Waals surface area (Å²) < 4.78 is 10.7. The minimum absolute atomic E-state index is 0.213. The van der Waals surface area contributed by atoms with Gasteiger partial charge in [0.1, 0.15) is 22.9 Å². The van der Waals surface area contributed by atoms with Crippen LogP contribution in [0.1, 0.15) is 47.4 Å². The maximum absolute atomic E-state index is 12.2. The molecule has 2 aromatic rings. The van der Waals surface area contributed by atoms with Crippen molar-refractivity contribution in [2.75, 3.05) is 5.32 Å².